The maximum absolute atomic E-state index is 4.00. The molecule has 3 unspecified atom stereocenters. The van der Waals surface area contributed by atoms with Gasteiger partial charge in [0.25, 0.3) is 0 Å². The van der Waals surface area contributed by atoms with Crippen LogP contribution in [-0.4, -0.2) is 0 Å². The first-order valence-electron chi connectivity index (χ1n) is 16.4. The highest BCUT2D eigenvalue weighted by Crippen LogP contribution is 2.33. The van der Waals surface area contributed by atoms with E-state index in [-0.39, 0.29) is 0 Å². The molecule has 1 aliphatic rings. The smallest absolute Gasteiger partial charge is 0.0510 e. The number of unbranched alkanes of at least 4 members (excludes halogenated alkanes) is 5. The molecule has 1 aromatic rings. The Labute approximate surface area is 247 Å². The quantitative estimate of drug-likeness (QED) is 0.177. The van der Waals surface area contributed by atoms with Crippen molar-refractivity contribution >= 4 is 0 Å². The summed E-state index contributed by atoms with van der Waals surface area (Å²) in [6.07, 6.45) is 25.1. The van der Waals surface area contributed by atoms with Crippen molar-refractivity contribution in [2.24, 2.45) is 11.8 Å². The number of allylic oxidation sites excluding steroid dienone is 4. The highest BCUT2D eigenvalue weighted by molar-refractivity contribution is 5.28. The lowest BCUT2D eigenvalue weighted by Gasteiger charge is -2.25. The fourth-order valence-corrected chi connectivity index (χ4v) is 4.74. The van der Waals surface area contributed by atoms with Gasteiger partial charge in [0.2, 0.25) is 0 Å². The fourth-order valence-electron chi connectivity index (χ4n) is 4.74. The summed E-state index contributed by atoms with van der Waals surface area (Å²) in [5.41, 5.74) is 7.31. The predicted molar refractivity (Wildman–Crippen MR) is 182 cm³/mol. The van der Waals surface area contributed by atoms with Crippen LogP contribution in [0, 0.1) is 31.6 Å². The van der Waals surface area contributed by atoms with Crippen molar-refractivity contribution in [3.05, 3.63) is 58.3 Å². The van der Waals surface area contributed by atoms with Crippen LogP contribution in [0.1, 0.15) is 164 Å². The van der Waals surface area contributed by atoms with Crippen molar-refractivity contribution in [3.63, 3.8) is 0 Å². The zero-order chi connectivity index (χ0) is 30.6. The van der Waals surface area contributed by atoms with E-state index in [1.54, 1.807) is 0 Å². The average Bonchev–Trinajstić information content (AvgIpc) is 3.17. The van der Waals surface area contributed by atoms with Crippen molar-refractivity contribution in [1.29, 1.82) is 0 Å². The normalized spacial score (nSPS) is 18.5. The third-order valence-corrected chi connectivity index (χ3v) is 7.21. The van der Waals surface area contributed by atoms with Crippen molar-refractivity contribution in [2.45, 2.75) is 160 Å². The third-order valence-electron chi connectivity index (χ3n) is 7.21. The number of benzene rings is 1. The molecule has 226 valence electrons. The molecule has 0 spiro atoms. The van der Waals surface area contributed by atoms with Crippen LogP contribution in [0.2, 0.25) is 0 Å². The predicted octanol–water partition coefficient (Wildman–Crippen LogP) is 12.8. The molecule has 3 atom stereocenters. The molecule has 0 aliphatic carbocycles. The molecule has 1 heterocycles. The number of nitrogens with one attached hydrogen (secondary N) is 1. The lowest BCUT2D eigenvalue weighted by molar-refractivity contribution is 0.555. The van der Waals surface area contributed by atoms with Crippen molar-refractivity contribution in [2.75, 3.05) is 0 Å². The van der Waals surface area contributed by atoms with Gasteiger partial charge in [-0.05, 0) is 69.4 Å². The first kappa shape index (κ1) is 41.5. The zero-order valence-corrected chi connectivity index (χ0v) is 28.6. The molecule has 0 saturated carbocycles. The molecule has 39 heavy (non-hydrogen) atoms. The van der Waals surface area contributed by atoms with Gasteiger partial charge >= 0.3 is 0 Å². The van der Waals surface area contributed by atoms with Crippen LogP contribution in [0.25, 0.3) is 0 Å². The molecule has 0 bridgehead atoms. The molecule has 1 nitrogen and oxygen atoms in total. The summed E-state index contributed by atoms with van der Waals surface area (Å²) in [6.45, 7) is 26.3. The largest absolute Gasteiger partial charge is 0.381 e. The lowest BCUT2D eigenvalue weighted by atomic mass is 9.91. The molecule has 1 aliphatic heterocycles. The molecule has 1 fully saturated rings. The Balaban J connectivity index is -0.000000844. The monoisotopic (exact) mass is 540 g/mol. The molecule has 1 heteroatoms. The third kappa shape index (κ3) is 19.7. The van der Waals surface area contributed by atoms with Gasteiger partial charge in [-0.25, -0.2) is 0 Å². The average molecular weight is 540 g/mol. The molecule has 0 radical (unpaired) electrons. The van der Waals surface area contributed by atoms with Gasteiger partial charge in [-0.3, -0.25) is 0 Å². The summed E-state index contributed by atoms with van der Waals surface area (Å²) in [7, 11) is 0. The second-order valence-electron chi connectivity index (χ2n) is 10.5. The molecular weight excluding hydrogens is 470 g/mol. The molecule has 1 N–H and O–H groups in total. The molecule has 2 rings (SSSR count). The minimum absolute atomic E-state index is 0.447. The van der Waals surface area contributed by atoms with E-state index in [1.165, 1.54) is 98.6 Å². The summed E-state index contributed by atoms with van der Waals surface area (Å²) in [5, 5.41) is 3.95. The first-order chi connectivity index (χ1) is 18.8. The number of rotatable bonds is 10. The van der Waals surface area contributed by atoms with Gasteiger partial charge in [-0.15, -0.1) is 12.8 Å². The second kappa shape index (κ2) is 29.1. The Morgan fingerprint density at radius 3 is 1.87 bits per heavy atom. The first-order valence-corrected chi connectivity index (χ1v) is 16.4. The minimum Gasteiger partial charge on any atom is -0.381 e. The van der Waals surface area contributed by atoms with Gasteiger partial charge in [-0.1, -0.05) is 149 Å². The Morgan fingerprint density at radius 1 is 0.872 bits per heavy atom. The Kier molecular flexibility index (Phi) is 30.9. The maximum atomic E-state index is 4.00. The standard InChI is InChI=1S/C25H39N.C7H16.2C2H6.C2H2/c1-7-8-10-19(3)17-21(5)22(6)25-20(4)11-9-12-24(26-25)23-15-13-18(2)14-16-23;1-3-5-7-6-4-2;3*1-2/h13-17,20-21,24,26H,7-12H2,1-6H3;3-7H2,1-2H3;2*1-2H3;1-2H/b19-17?,25-22+;;;;. The Hall–Kier alpha value is -1.94. The minimum atomic E-state index is 0.447. The number of aryl methyl sites for hydroxylation is 1. The SMILES string of the molecule is C#C.CC.CC.CCCCC(C)=CC(C)/C(C)=C1/NC(c2ccc(C)cc2)CCCC1C.CCCCCCC. The van der Waals surface area contributed by atoms with Crippen LogP contribution < -0.4 is 5.32 Å². The fraction of sp³-hybridized carbons (Fsp3) is 0.684. The molecular formula is C38H69N. The molecule has 1 saturated heterocycles. The molecule has 0 amide bonds. The summed E-state index contributed by atoms with van der Waals surface area (Å²) >= 11 is 0. The van der Waals surface area contributed by atoms with E-state index in [9.17, 15) is 0 Å². The van der Waals surface area contributed by atoms with Gasteiger partial charge in [0.05, 0.1) is 6.04 Å². The topological polar surface area (TPSA) is 12.0 Å². The summed E-state index contributed by atoms with van der Waals surface area (Å²) in [5.74, 6) is 1.13. The summed E-state index contributed by atoms with van der Waals surface area (Å²) in [4.78, 5) is 0. The van der Waals surface area contributed by atoms with E-state index in [1.807, 2.05) is 27.7 Å². The van der Waals surface area contributed by atoms with Crippen LogP contribution in [-0.2, 0) is 0 Å². The van der Waals surface area contributed by atoms with Crippen LogP contribution in [0.15, 0.2) is 47.2 Å². The highest BCUT2D eigenvalue weighted by atomic mass is 14.9. The molecule has 1 aromatic carbocycles. The summed E-state index contributed by atoms with van der Waals surface area (Å²) < 4.78 is 0. The van der Waals surface area contributed by atoms with Crippen LogP contribution in [0.5, 0.6) is 0 Å². The number of terminal acetylenes is 1. The second-order valence-corrected chi connectivity index (χ2v) is 10.5. The van der Waals surface area contributed by atoms with E-state index in [0.29, 0.717) is 17.9 Å². The van der Waals surface area contributed by atoms with Gasteiger partial charge in [-0.2, -0.15) is 0 Å². The maximum Gasteiger partial charge on any atom is 0.0510 e. The number of hydrogen-bond acceptors (Lipinski definition) is 1. The van der Waals surface area contributed by atoms with E-state index < -0.39 is 0 Å². The zero-order valence-electron chi connectivity index (χ0n) is 28.6. The van der Waals surface area contributed by atoms with Crippen LogP contribution in [0.4, 0.5) is 0 Å². The van der Waals surface area contributed by atoms with Crippen molar-refractivity contribution in [3.8, 4) is 12.8 Å². The number of hydrogen-bond donors (Lipinski definition) is 1. The van der Waals surface area contributed by atoms with E-state index >= 15 is 0 Å². The van der Waals surface area contributed by atoms with E-state index in [0.717, 1.165) is 0 Å². The van der Waals surface area contributed by atoms with E-state index in [2.05, 4.69) is 104 Å². The Morgan fingerprint density at radius 2 is 1.38 bits per heavy atom. The van der Waals surface area contributed by atoms with Crippen molar-refractivity contribution < 1.29 is 0 Å². The van der Waals surface area contributed by atoms with Gasteiger partial charge < -0.3 is 5.32 Å². The van der Waals surface area contributed by atoms with Gasteiger partial charge in [0.15, 0.2) is 0 Å². The van der Waals surface area contributed by atoms with Crippen LogP contribution >= 0.6 is 0 Å². The molecule has 0 aromatic heterocycles. The van der Waals surface area contributed by atoms with E-state index in [4.69, 9.17) is 0 Å². The van der Waals surface area contributed by atoms with Gasteiger partial charge in [0.1, 0.15) is 0 Å². The Bertz CT molecular complexity index is 730. The summed E-state index contributed by atoms with van der Waals surface area (Å²) in [6, 6.07) is 9.53. The lowest BCUT2D eigenvalue weighted by Crippen LogP contribution is -2.24. The highest BCUT2D eigenvalue weighted by Gasteiger charge is 2.23. The van der Waals surface area contributed by atoms with Crippen molar-refractivity contribution in [1.82, 2.24) is 5.32 Å². The van der Waals surface area contributed by atoms with Gasteiger partial charge in [0, 0.05) is 5.70 Å². The van der Waals surface area contributed by atoms with Crippen LogP contribution in [0.3, 0.4) is 0 Å².